The molecule has 0 amide bonds. The SMILES string of the molecule is CCOCCO.O=S(=O)(O)O. The standard InChI is InChI=1S/C4H10O2.H2O4S/c1-2-6-4-3-5;1-5(2,3)4/h5H,2-4H2,1H3;(H2,1,2,3,4). The summed E-state index contributed by atoms with van der Waals surface area (Å²) in [5.41, 5.74) is 0. The Morgan fingerprint density at radius 1 is 1.36 bits per heavy atom. The lowest BCUT2D eigenvalue weighted by molar-refractivity contribution is 0.102. The van der Waals surface area contributed by atoms with Crippen molar-refractivity contribution in [2.24, 2.45) is 0 Å². The summed E-state index contributed by atoms with van der Waals surface area (Å²) in [5, 5.41) is 8.07. The second-order valence-electron chi connectivity index (χ2n) is 1.37. The Hall–Kier alpha value is -0.210. The van der Waals surface area contributed by atoms with Gasteiger partial charge in [-0.1, -0.05) is 0 Å². The number of ether oxygens (including phenoxy) is 1. The van der Waals surface area contributed by atoms with Gasteiger partial charge in [-0.2, -0.15) is 8.42 Å². The van der Waals surface area contributed by atoms with E-state index in [0.29, 0.717) is 13.2 Å². The molecule has 0 fully saturated rings. The van der Waals surface area contributed by atoms with Crippen molar-refractivity contribution in [3.63, 3.8) is 0 Å². The predicted octanol–water partition coefficient (Wildman–Crippen LogP) is -0.638. The molecule has 0 atom stereocenters. The van der Waals surface area contributed by atoms with E-state index >= 15 is 0 Å². The van der Waals surface area contributed by atoms with Gasteiger partial charge < -0.3 is 9.84 Å². The van der Waals surface area contributed by atoms with Gasteiger partial charge in [0.1, 0.15) is 0 Å². The molecule has 0 aliphatic heterocycles. The molecule has 0 spiro atoms. The Morgan fingerprint density at radius 2 is 1.73 bits per heavy atom. The van der Waals surface area contributed by atoms with E-state index in [1.165, 1.54) is 0 Å². The summed E-state index contributed by atoms with van der Waals surface area (Å²) in [4.78, 5) is 0. The summed E-state index contributed by atoms with van der Waals surface area (Å²) in [5.74, 6) is 0. The van der Waals surface area contributed by atoms with Crippen molar-refractivity contribution in [1.82, 2.24) is 0 Å². The number of aliphatic hydroxyl groups is 1. The maximum atomic E-state index is 8.74. The molecule has 0 aromatic carbocycles. The Balaban J connectivity index is 0. The van der Waals surface area contributed by atoms with Crippen molar-refractivity contribution < 1.29 is 27.4 Å². The van der Waals surface area contributed by atoms with Gasteiger partial charge in [0.05, 0.1) is 13.2 Å². The van der Waals surface area contributed by atoms with Crippen LogP contribution in [0.1, 0.15) is 6.92 Å². The first-order valence-corrected chi connectivity index (χ1v) is 4.20. The van der Waals surface area contributed by atoms with Gasteiger partial charge in [-0.3, -0.25) is 9.11 Å². The number of hydrogen-bond donors (Lipinski definition) is 3. The van der Waals surface area contributed by atoms with Crippen molar-refractivity contribution in [2.45, 2.75) is 6.92 Å². The summed E-state index contributed by atoms with van der Waals surface area (Å²) in [7, 11) is -4.67. The summed E-state index contributed by atoms with van der Waals surface area (Å²) < 4.78 is 36.3. The Bertz CT molecular complexity index is 138. The lowest BCUT2D eigenvalue weighted by Crippen LogP contribution is -1.96. The zero-order valence-corrected chi connectivity index (χ0v) is 6.91. The van der Waals surface area contributed by atoms with Crippen LogP contribution < -0.4 is 0 Å². The van der Waals surface area contributed by atoms with E-state index in [2.05, 4.69) is 0 Å². The highest BCUT2D eigenvalue weighted by Gasteiger charge is 1.84. The maximum absolute atomic E-state index is 8.74. The monoisotopic (exact) mass is 188 g/mol. The fraction of sp³-hybridized carbons (Fsp3) is 1.00. The van der Waals surface area contributed by atoms with Gasteiger partial charge in [0, 0.05) is 6.61 Å². The molecule has 0 aromatic rings. The third-order valence-electron chi connectivity index (χ3n) is 0.440. The van der Waals surface area contributed by atoms with Gasteiger partial charge in [-0.15, -0.1) is 0 Å². The van der Waals surface area contributed by atoms with Crippen molar-refractivity contribution in [1.29, 1.82) is 0 Å². The van der Waals surface area contributed by atoms with Crippen molar-refractivity contribution in [2.75, 3.05) is 19.8 Å². The van der Waals surface area contributed by atoms with E-state index in [4.69, 9.17) is 27.4 Å². The van der Waals surface area contributed by atoms with Crippen LogP contribution in [0.4, 0.5) is 0 Å². The average molecular weight is 188 g/mol. The molecule has 0 aliphatic rings. The Morgan fingerprint density at radius 3 is 1.82 bits per heavy atom. The van der Waals surface area contributed by atoms with Crippen LogP contribution in [0.2, 0.25) is 0 Å². The third-order valence-corrected chi connectivity index (χ3v) is 0.440. The van der Waals surface area contributed by atoms with Gasteiger partial charge >= 0.3 is 10.4 Å². The zero-order valence-electron chi connectivity index (χ0n) is 6.10. The third kappa shape index (κ3) is 76.3. The van der Waals surface area contributed by atoms with Crippen LogP contribution in [-0.4, -0.2) is 42.5 Å². The summed E-state index contributed by atoms with van der Waals surface area (Å²) in [6, 6.07) is 0. The molecule has 3 N–H and O–H groups in total. The van der Waals surface area contributed by atoms with Crippen LogP contribution in [0.15, 0.2) is 0 Å². The molecule has 0 saturated carbocycles. The van der Waals surface area contributed by atoms with Crippen molar-refractivity contribution in [3.8, 4) is 0 Å². The summed E-state index contributed by atoms with van der Waals surface area (Å²) >= 11 is 0. The van der Waals surface area contributed by atoms with Gasteiger partial charge in [-0.05, 0) is 6.92 Å². The first-order chi connectivity index (χ1) is 4.91. The summed E-state index contributed by atoms with van der Waals surface area (Å²) in [6.45, 7) is 3.20. The predicted molar refractivity (Wildman–Crippen MR) is 37.8 cm³/mol. The number of hydrogen-bond acceptors (Lipinski definition) is 4. The van der Waals surface area contributed by atoms with Crippen molar-refractivity contribution >= 4 is 10.4 Å². The quantitative estimate of drug-likeness (QED) is 0.402. The van der Waals surface area contributed by atoms with E-state index in [-0.39, 0.29) is 6.61 Å². The number of rotatable bonds is 3. The normalized spacial score (nSPS) is 10.2. The second-order valence-corrected chi connectivity index (χ2v) is 2.26. The van der Waals surface area contributed by atoms with Gasteiger partial charge in [0.2, 0.25) is 0 Å². The fourth-order valence-electron chi connectivity index (χ4n) is 0.209. The molecule has 0 radical (unpaired) electrons. The Labute approximate surface area is 65.4 Å². The molecule has 0 rings (SSSR count). The topological polar surface area (TPSA) is 104 Å². The van der Waals surface area contributed by atoms with Crippen LogP contribution >= 0.6 is 0 Å². The fourth-order valence-corrected chi connectivity index (χ4v) is 0.209. The second kappa shape index (κ2) is 7.89. The molecule has 7 heteroatoms. The molecular formula is C4H12O6S. The average Bonchev–Trinajstić information content (AvgIpc) is 1.79. The van der Waals surface area contributed by atoms with Gasteiger partial charge in [0.25, 0.3) is 0 Å². The molecule has 0 aromatic heterocycles. The minimum atomic E-state index is -4.67. The largest absolute Gasteiger partial charge is 0.394 e. The molecule has 0 saturated heterocycles. The van der Waals surface area contributed by atoms with Crippen LogP contribution in [0.5, 0.6) is 0 Å². The highest BCUT2D eigenvalue weighted by molar-refractivity contribution is 7.79. The Kier molecular flexibility index (Phi) is 9.60. The zero-order chi connectivity index (χ0) is 9.33. The van der Waals surface area contributed by atoms with Crippen LogP contribution in [0, 0.1) is 0 Å². The lowest BCUT2D eigenvalue weighted by atomic mass is 10.8. The molecule has 11 heavy (non-hydrogen) atoms. The molecule has 0 aliphatic carbocycles. The van der Waals surface area contributed by atoms with E-state index in [9.17, 15) is 0 Å². The van der Waals surface area contributed by atoms with Crippen LogP contribution in [-0.2, 0) is 15.1 Å². The van der Waals surface area contributed by atoms with E-state index < -0.39 is 10.4 Å². The minimum absolute atomic E-state index is 0.133. The molecule has 0 heterocycles. The van der Waals surface area contributed by atoms with E-state index in [1.54, 1.807) is 0 Å². The smallest absolute Gasteiger partial charge is 0.394 e. The minimum Gasteiger partial charge on any atom is -0.394 e. The van der Waals surface area contributed by atoms with Crippen molar-refractivity contribution in [3.05, 3.63) is 0 Å². The molecule has 0 bridgehead atoms. The van der Waals surface area contributed by atoms with Crippen LogP contribution in [0.3, 0.4) is 0 Å². The molecule has 0 unspecified atom stereocenters. The van der Waals surface area contributed by atoms with Gasteiger partial charge in [-0.25, -0.2) is 0 Å². The first kappa shape index (κ1) is 13.4. The van der Waals surface area contributed by atoms with Crippen LogP contribution in [0.25, 0.3) is 0 Å². The highest BCUT2D eigenvalue weighted by Crippen LogP contribution is 1.66. The van der Waals surface area contributed by atoms with E-state index in [0.717, 1.165) is 0 Å². The van der Waals surface area contributed by atoms with E-state index in [1.807, 2.05) is 6.92 Å². The maximum Gasteiger partial charge on any atom is 0.394 e. The first-order valence-electron chi connectivity index (χ1n) is 2.80. The molecular weight excluding hydrogens is 176 g/mol. The summed E-state index contributed by atoms with van der Waals surface area (Å²) in [6.07, 6.45) is 0. The number of aliphatic hydroxyl groups excluding tert-OH is 1. The highest BCUT2D eigenvalue weighted by atomic mass is 32.3. The lowest BCUT2D eigenvalue weighted by Gasteiger charge is -1.91. The molecule has 70 valence electrons. The van der Waals surface area contributed by atoms with Gasteiger partial charge in [0.15, 0.2) is 0 Å². The molecule has 6 nitrogen and oxygen atoms in total.